The Kier molecular flexibility index (Phi) is 8.97. The second-order valence-electron chi connectivity index (χ2n) is 16.5. The van der Waals surface area contributed by atoms with Crippen LogP contribution in [-0.4, -0.2) is 16.7 Å². The average molecular weight is 801 g/mol. The minimum atomic E-state index is -0.153. The molecule has 0 bridgehead atoms. The van der Waals surface area contributed by atoms with Gasteiger partial charge in [-0.1, -0.05) is 111 Å². The third-order valence-electron chi connectivity index (χ3n) is 12.5. The van der Waals surface area contributed by atoms with Gasteiger partial charge < -0.3 is 14.5 Å². The van der Waals surface area contributed by atoms with Crippen molar-refractivity contribution in [1.29, 1.82) is 0 Å². The molecule has 0 fully saturated rings. The normalized spacial score (nSPS) is 12.6. The lowest BCUT2D eigenvalue weighted by atomic mass is 9.82. The zero-order valence-corrected chi connectivity index (χ0v) is 34.9. The molecule has 2 aromatic heterocycles. The maximum atomic E-state index is 5.62. The topological polar surface area (TPSA) is 33.5 Å². The van der Waals surface area contributed by atoms with Crippen LogP contribution in [0.15, 0.2) is 212 Å². The van der Waals surface area contributed by atoms with Crippen molar-refractivity contribution in [3.8, 4) is 33.8 Å². The number of nitrogens with zero attached hydrogens (tertiary/aromatic N) is 4. The first kappa shape index (κ1) is 37.1. The van der Waals surface area contributed by atoms with Crippen molar-refractivity contribution >= 4 is 55.9 Å². The van der Waals surface area contributed by atoms with Crippen LogP contribution in [0.25, 0.3) is 49.9 Å². The second-order valence-corrected chi connectivity index (χ2v) is 16.5. The van der Waals surface area contributed by atoms with Gasteiger partial charge in [0.15, 0.2) is 0 Å². The summed E-state index contributed by atoms with van der Waals surface area (Å²) >= 11 is 0. The summed E-state index contributed by atoms with van der Waals surface area (Å²) in [6, 6.07) is 74.1. The van der Waals surface area contributed by atoms with Crippen molar-refractivity contribution in [3.63, 3.8) is 0 Å². The number of rotatable bonds is 9. The summed E-state index contributed by atoms with van der Waals surface area (Å²) < 4.78 is 7.88. The predicted molar refractivity (Wildman–Crippen MR) is 257 cm³/mol. The molecule has 0 spiro atoms. The second kappa shape index (κ2) is 15.0. The molecule has 1 aliphatic rings. The lowest BCUT2D eigenvalue weighted by molar-refractivity contribution is 0.415. The maximum absolute atomic E-state index is 5.62. The van der Waals surface area contributed by atoms with Crippen LogP contribution in [0.4, 0.5) is 34.1 Å². The molecule has 2 heterocycles. The molecule has 0 saturated heterocycles. The molecular weight excluding hydrogens is 757 g/mol. The van der Waals surface area contributed by atoms with Gasteiger partial charge in [0.2, 0.25) is 0 Å². The van der Waals surface area contributed by atoms with Gasteiger partial charge in [-0.15, -0.1) is 0 Å². The number of ether oxygens (including phenoxy) is 1. The van der Waals surface area contributed by atoms with E-state index in [0.717, 1.165) is 67.9 Å². The first-order chi connectivity index (χ1) is 30.5. The minimum Gasteiger partial charge on any atom is -0.497 e. The fourth-order valence-electron chi connectivity index (χ4n) is 9.52. The van der Waals surface area contributed by atoms with Gasteiger partial charge >= 0.3 is 0 Å². The highest BCUT2D eigenvalue weighted by Gasteiger charge is 2.36. The van der Waals surface area contributed by atoms with Gasteiger partial charge in [0.05, 0.1) is 18.1 Å². The molecule has 8 aromatic carbocycles. The molecule has 0 saturated carbocycles. The maximum Gasteiger partial charge on any atom is 0.137 e. The third kappa shape index (κ3) is 6.21. The van der Waals surface area contributed by atoms with Gasteiger partial charge in [0.25, 0.3) is 0 Å². The number of benzene rings is 8. The molecule has 298 valence electrons. The molecule has 0 unspecified atom stereocenters. The SMILES string of the molecule is COc1ccc(N(c2ccccc2)c2cc(-c3ccc4c(c3)c3ccccc3n4-c3ccccn3)cc(N(c3ccccc3)c3ccc4c(c3)C(C)(C)c3ccccc3-4)c2)cc1. The summed E-state index contributed by atoms with van der Waals surface area (Å²) in [5.74, 6) is 1.71. The Morgan fingerprint density at radius 2 is 1.03 bits per heavy atom. The fourth-order valence-corrected chi connectivity index (χ4v) is 9.52. The Balaban J connectivity index is 1.16. The van der Waals surface area contributed by atoms with Crippen molar-refractivity contribution in [2.45, 2.75) is 19.3 Å². The Morgan fingerprint density at radius 1 is 0.435 bits per heavy atom. The van der Waals surface area contributed by atoms with Crippen molar-refractivity contribution in [3.05, 3.63) is 224 Å². The van der Waals surface area contributed by atoms with Crippen molar-refractivity contribution in [1.82, 2.24) is 9.55 Å². The van der Waals surface area contributed by atoms with E-state index in [1.165, 1.54) is 33.0 Å². The highest BCUT2D eigenvalue weighted by atomic mass is 16.5. The van der Waals surface area contributed by atoms with E-state index in [4.69, 9.17) is 9.72 Å². The van der Waals surface area contributed by atoms with Crippen LogP contribution in [0.3, 0.4) is 0 Å². The lowest BCUT2D eigenvalue weighted by Gasteiger charge is -2.31. The Labute approximate surface area is 362 Å². The van der Waals surface area contributed by atoms with E-state index in [9.17, 15) is 0 Å². The number of fused-ring (bicyclic) bond motifs is 6. The van der Waals surface area contributed by atoms with Crippen LogP contribution in [0.2, 0.25) is 0 Å². The van der Waals surface area contributed by atoms with Crippen molar-refractivity contribution in [2.24, 2.45) is 0 Å². The molecule has 10 aromatic rings. The number of pyridine rings is 1. The number of hydrogen-bond donors (Lipinski definition) is 0. The highest BCUT2D eigenvalue weighted by Crippen LogP contribution is 2.51. The van der Waals surface area contributed by atoms with Crippen LogP contribution in [-0.2, 0) is 5.41 Å². The van der Waals surface area contributed by atoms with E-state index in [-0.39, 0.29) is 5.41 Å². The summed E-state index contributed by atoms with van der Waals surface area (Å²) in [5, 5.41) is 2.36. The van der Waals surface area contributed by atoms with E-state index < -0.39 is 0 Å². The molecule has 1 aliphatic carbocycles. The van der Waals surface area contributed by atoms with E-state index in [2.05, 4.69) is 210 Å². The molecule has 0 atom stereocenters. The Hall–Kier alpha value is -7.89. The highest BCUT2D eigenvalue weighted by molar-refractivity contribution is 6.10. The molecule has 0 N–H and O–H groups in total. The summed E-state index contributed by atoms with van der Waals surface area (Å²) in [7, 11) is 1.71. The molecule has 0 radical (unpaired) electrons. The van der Waals surface area contributed by atoms with E-state index in [1.54, 1.807) is 7.11 Å². The van der Waals surface area contributed by atoms with E-state index in [0.29, 0.717) is 0 Å². The lowest BCUT2D eigenvalue weighted by Crippen LogP contribution is -2.17. The van der Waals surface area contributed by atoms with Gasteiger partial charge in [-0.2, -0.15) is 0 Å². The van der Waals surface area contributed by atoms with Gasteiger partial charge in [-0.05, 0) is 143 Å². The Bertz CT molecular complexity index is 3250. The van der Waals surface area contributed by atoms with Gasteiger partial charge in [0.1, 0.15) is 11.6 Å². The number of hydrogen-bond acceptors (Lipinski definition) is 4. The van der Waals surface area contributed by atoms with Crippen LogP contribution in [0, 0.1) is 0 Å². The smallest absolute Gasteiger partial charge is 0.137 e. The zero-order valence-electron chi connectivity index (χ0n) is 34.9. The van der Waals surface area contributed by atoms with Crippen LogP contribution in [0.5, 0.6) is 5.75 Å². The average Bonchev–Trinajstić information content (AvgIpc) is 3.78. The van der Waals surface area contributed by atoms with Crippen LogP contribution >= 0.6 is 0 Å². The predicted octanol–water partition coefficient (Wildman–Crippen LogP) is 15.1. The van der Waals surface area contributed by atoms with Gasteiger partial charge in [-0.25, -0.2) is 4.98 Å². The largest absolute Gasteiger partial charge is 0.497 e. The summed E-state index contributed by atoms with van der Waals surface area (Å²) in [4.78, 5) is 9.53. The quantitative estimate of drug-likeness (QED) is 0.146. The van der Waals surface area contributed by atoms with Gasteiger partial charge in [0, 0.05) is 56.5 Å². The third-order valence-corrected chi connectivity index (χ3v) is 12.5. The molecule has 11 rings (SSSR count). The summed E-state index contributed by atoms with van der Waals surface area (Å²) in [5.41, 5.74) is 15.9. The van der Waals surface area contributed by atoms with E-state index >= 15 is 0 Å². The molecule has 62 heavy (non-hydrogen) atoms. The van der Waals surface area contributed by atoms with E-state index in [1.807, 2.05) is 30.5 Å². The standard InChI is InChI=1S/C57H44N4O/c1-57(2)52-22-12-10-20-48(52)49-31-28-44(38-53(49)57)60(42-18-8-5-9-19-42)46-35-40(34-45(37-46)59(41-16-6-4-7-17-41)43-26-29-47(62-3)30-27-43)39-25-32-55-51(36-39)50-21-11-13-23-54(50)61(55)56-24-14-15-33-58-56/h4-38H,1-3H3. The number of anilines is 6. The van der Waals surface area contributed by atoms with Crippen LogP contribution < -0.4 is 14.5 Å². The van der Waals surface area contributed by atoms with Crippen molar-refractivity contribution in [2.75, 3.05) is 16.9 Å². The first-order valence-electron chi connectivity index (χ1n) is 21.2. The first-order valence-corrected chi connectivity index (χ1v) is 21.2. The molecule has 0 amide bonds. The monoisotopic (exact) mass is 800 g/mol. The Morgan fingerprint density at radius 3 is 1.74 bits per heavy atom. The van der Waals surface area contributed by atoms with Crippen molar-refractivity contribution < 1.29 is 4.74 Å². The van der Waals surface area contributed by atoms with Gasteiger partial charge in [-0.3, -0.25) is 4.57 Å². The molecular formula is C57H44N4O. The minimum absolute atomic E-state index is 0.153. The zero-order chi connectivity index (χ0) is 41.8. The molecule has 5 nitrogen and oxygen atoms in total. The number of methoxy groups -OCH3 is 1. The molecule has 0 aliphatic heterocycles. The summed E-state index contributed by atoms with van der Waals surface area (Å²) in [6.07, 6.45) is 1.86. The number of aromatic nitrogens is 2. The van der Waals surface area contributed by atoms with Crippen LogP contribution in [0.1, 0.15) is 25.0 Å². The fraction of sp³-hybridized carbons (Fsp3) is 0.0702. The number of para-hydroxylation sites is 3. The summed E-state index contributed by atoms with van der Waals surface area (Å²) in [6.45, 7) is 4.70. The molecule has 5 heteroatoms.